The minimum atomic E-state index is -0.577. The summed E-state index contributed by atoms with van der Waals surface area (Å²) >= 11 is 0. The zero-order chi connectivity index (χ0) is 17.3. The number of esters is 1. The van der Waals surface area contributed by atoms with Gasteiger partial charge in [-0.2, -0.15) is 0 Å². The van der Waals surface area contributed by atoms with E-state index >= 15 is 0 Å². The van der Waals surface area contributed by atoms with E-state index in [9.17, 15) is 9.59 Å². The lowest BCUT2D eigenvalue weighted by molar-refractivity contribution is -0.137. The molecule has 1 atom stereocenters. The number of rotatable bonds is 6. The molecule has 0 unspecified atom stereocenters. The normalized spacial score (nSPS) is 12.7. The van der Waals surface area contributed by atoms with Crippen molar-refractivity contribution in [2.45, 2.75) is 45.8 Å². The lowest BCUT2D eigenvalue weighted by Crippen LogP contribution is -2.39. The van der Waals surface area contributed by atoms with Gasteiger partial charge in [-0.25, -0.2) is 9.59 Å². The van der Waals surface area contributed by atoms with E-state index in [0.29, 0.717) is 13.0 Å². The molecule has 23 heavy (non-hydrogen) atoms. The first-order valence-corrected chi connectivity index (χ1v) is 7.68. The highest BCUT2D eigenvalue weighted by Gasteiger charge is 2.18. The van der Waals surface area contributed by atoms with Gasteiger partial charge in [-0.3, -0.25) is 0 Å². The predicted octanol–water partition coefficient (Wildman–Crippen LogP) is 3.24. The smallest absolute Gasteiger partial charge is 0.408 e. The second kappa shape index (κ2) is 8.98. The monoisotopic (exact) mass is 319 g/mol. The van der Waals surface area contributed by atoms with Crippen molar-refractivity contribution < 1.29 is 19.1 Å². The van der Waals surface area contributed by atoms with E-state index in [0.717, 1.165) is 5.56 Å². The number of carbonyl (C=O) groups excluding carboxylic acids is 2. The molecule has 0 aliphatic carbocycles. The van der Waals surface area contributed by atoms with Crippen LogP contribution in [0.15, 0.2) is 42.5 Å². The van der Waals surface area contributed by atoms with Crippen molar-refractivity contribution in [1.82, 2.24) is 5.32 Å². The average Bonchev–Trinajstić information content (AvgIpc) is 2.44. The van der Waals surface area contributed by atoms with Crippen molar-refractivity contribution in [3.8, 4) is 0 Å². The number of alkyl carbamates (subject to hydrolysis) is 1. The summed E-state index contributed by atoms with van der Waals surface area (Å²) in [6, 6.07) is 9.33. The van der Waals surface area contributed by atoms with Crippen LogP contribution in [-0.2, 0) is 20.7 Å². The molecule has 0 radical (unpaired) electrons. The quantitative estimate of drug-likeness (QED) is 0.646. The molecule has 126 valence electrons. The van der Waals surface area contributed by atoms with Gasteiger partial charge in [0.2, 0.25) is 0 Å². The van der Waals surface area contributed by atoms with E-state index in [1.165, 1.54) is 6.08 Å². The van der Waals surface area contributed by atoms with Gasteiger partial charge in [0.25, 0.3) is 0 Å². The summed E-state index contributed by atoms with van der Waals surface area (Å²) in [7, 11) is 0. The van der Waals surface area contributed by atoms with Gasteiger partial charge in [0, 0.05) is 6.08 Å². The van der Waals surface area contributed by atoms with Crippen molar-refractivity contribution in [1.29, 1.82) is 0 Å². The molecule has 5 nitrogen and oxygen atoms in total. The molecule has 0 spiro atoms. The first kappa shape index (κ1) is 18.7. The topological polar surface area (TPSA) is 64.6 Å². The summed E-state index contributed by atoms with van der Waals surface area (Å²) in [6.07, 6.45) is 2.98. The number of benzene rings is 1. The molecule has 0 aliphatic heterocycles. The van der Waals surface area contributed by atoms with Crippen molar-refractivity contribution in [3.05, 3.63) is 48.0 Å². The first-order chi connectivity index (χ1) is 10.8. The minimum absolute atomic E-state index is 0.312. The third kappa shape index (κ3) is 8.66. The second-order valence-electron chi connectivity index (χ2n) is 6.05. The van der Waals surface area contributed by atoms with Gasteiger partial charge in [-0.1, -0.05) is 36.4 Å². The molecule has 0 bridgehead atoms. The highest BCUT2D eigenvalue weighted by atomic mass is 16.6. The molecular weight excluding hydrogens is 294 g/mol. The van der Waals surface area contributed by atoms with Crippen LogP contribution in [0.1, 0.15) is 33.3 Å². The molecule has 0 fully saturated rings. The molecule has 0 heterocycles. The van der Waals surface area contributed by atoms with Crippen LogP contribution < -0.4 is 5.32 Å². The summed E-state index contributed by atoms with van der Waals surface area (Å²) in [5.74, 6) is -0.434. The second-order valence-corrected chi connectivity index (χ2v) is 6.05. The molecule has 1 aromatic rings. The molecule has 1 aromatic carbocycles. The maximum atomic E-state index is 11.9. The van der Waals surface area contributed by atoms with Crippen LogP contribution >= 0.6 is 0 Å². The summed E-state index contributed by atoms with van der Waals surface area (Å²) in [5.41, 5.74) is 0.466. The Morgan fingerprint density at radius 3 is 2.43 bits per heavy atom. The number of amides is 1. The number of nitrogens with one attached hydrogen (secondary N) is 1. The van der Waals surface area contributed by atoms with Gasteiger partial charge >= 0.3 is 12.1 Å². The van der Waals surface area contributed by atoms with Crippen LogP contribution in [-0.4, -0.2) is 30.3 Å². The maximum Gasteiger partial charge on any atom is 0.408 e. The van der Waals surface area contributed by atoms with Gasteiger partial charge in [0.05, 0.1) is 12.6 Å². The molecule has 0 saturated carbocycles. The SMILES string of the molecule is CCOC(=O)C=C[C@@H](Cc1ccccc1)NC(=O)OC(C)(C)C. The van der Waals surface area contributed by atoms with Crippen molar-refractivity contribution >= 4 is 12.1 Å². The van der Waals surface area contributed by atoms with E-state index < -0.39 is 17.7 Å². The molecule has 1 rings (SSSR count). The van der Waals surface area contributed by atoms with E-state index in [1.807, 2.05) is 30.3 Å². The fourth-order valence-electron chi connectivity index (χ4n) is 1.88. The Labute approximate surface area is 137 Å². The Bertz CT molecular complexity index is 532. The van der Waals surface area contributed by atoms with E-state index in [-0.39, 0.29) is 6.04 Å². The maximum absolute atomic E-state index is 11.9. The molecule has 0 aromatic heterocycles. The predicted molar refractivity (Wildman–Crippen MR) is 89.1 cm³/mol. The van der Waals surface area contributed by atoms with Gasteiger partial charge < -0.3 is 14.8 Å². The summed E-state index contributed by atoms with van der Waals surface area (Å²) in [4.78, 5) is 23.4. The van der Waals surface area contributed by atoms with Crippen LogP contribution in [0.3, 0.4) is 0 Å². The summed E-state index contributed by atoms with van der Waals surface area (Å²) in [6.45, 7) is 7.45. The van der Waals surface area contributed by atoms with Crippen molar-refractivity contribution in [3.63, 3.8) is 0 Å². The van der Waals surface area contributed by atoms with Crippen LogP contribution in [0.4, 0.5) is 4.79 Å². The lowest BCUT2D eigenvalue weighted by atomic mass is 10.1. The standard InChI is InChI=1S/C18H25NO4/c1-5-22-16(20)12-11-15(13-14-9-7-6-8-10-14)19-17(21)23-18(2,3)4/h6-12,15H,5,13H2,1-4H3,(H,19,21)/t15-/m0/s1. The van der Waals surface area contributed by atoms with Crippen LogP contribution in [0.2, 0.25) is 0 Å². The number of carbonyl (C=O) groups is 2. The molecule has 1 N–H and O–H groups in total. The Balaban J connectivity index is 2.75. The van der Waals surface area contributed by atoms with Gasteiger partial charge in [-0.15, -0.1) is 0 Å². The highest BCUT2D eigenvalue weighted by Crippen LogP contribution is 2.09. The van der Waals surface area contributed by atoms with Crippen LogP contribution in [0.5, 0.6) is 0 Å². The fraction of sp³-hybridized carbons (Fsp3) is 0.444. The molecule has 0 saturated heterocycles. The largest absolute Gasteiger partial charge is 0.463 e. The third-order valence-corrected chi connectivity index (χ3v) is 2.75. The molecule has 1 amide bonds. The third-order valence-electron chi connectivity index (χ3n) is 2.75. The Kier molecular flexibility index (Phi) is 7.32. The number of hydrogen-bond donors (Lipinski definition) is 1. The summed E-state index contributed by atoms with van der Waals surface area (Å²) < 4.78 is 10.1. The fourth-order valence-corrected chi connectivity index (χ4v) is 1.88. The zero-order valence-corrected chi connectivity index (χ0v) is 14.2. The van der Waals surface area contributed by atoms with Gasteiger partial charge in [-0.05, 0) is 39.7 Å². The van der Waals surface area contributed by atoms with Crippen molar-refractivity contribution in [2.24, 2.45) is 0 Å². The highest BCUT2D eigenvalue weighted by molar-refractivity contribution is 5.82. The number of ether oxygens (including phenoxy) is 2. The Morgan fingerprint density at radius 1 is 1.22 bits per heavy atom. The lowest BCUT2D eigenvalue weighted by Gasteiger charge is -2.22. The average molecular weight is 319 g/mol. The van der Waals surface area contributed by atoms with Gasteiger partial charge in [0.15, 0.2) is 0 Å². The molecular formula is C18H25NO4. The summed E-state index contributed by atoms with van der Waals surface area (Å²) in [5, 5.41) is 2.76. The van der Waals surface area contributed by atoms with E-state index in [2.05, 4.69) is 5.32 Å². The van der Waals surface area contributed by atoms with E-state index in [1.54, 1.807) is 33.8 Å². The molecule has 5 heteroatoms. The molecule has 0 aliphatic rings. The zero-order valence-electron chi connectivity index (χ0n) is 14.2. The van der Waals surface area contributed by atoms with Gasteiger partial charge in [0.1, 0.15) is 5.60 Å². The van der Waals surface area contributed by atoms with Crippen LogP contribution in [0.25, 0.3) is 0 Å². The van der Waals surface area contributed by atoms with E-state index in [4.69, 9.17) is 9.47 Å². The first-order valence-electron chi connectivity index (χ1n) is 7.68. The van der Waals surface area contributed by atoms with Crippen molar-refractivity contribution in [2.75, 3.05) is 6.61 Å². The Morgan fingerprint density at radius 2 is 1.87 bits per heavy atom. The van der Waals surface area contributed by atoms with Crippen LogP contribution in [0, 0.1) is 0 Å². The number of hydrogen-bond acceptors (Lipinski definition) is 4. The Hall–Kier alpha value is -2.30. The minimum Gasteiger partial charge on any atom is -0.463 e.